The Hall–Kier alpha value is -2.41. The van der Waals surface area contributed by atoms with Crippen molar-refractivity contribution in [3.05, 3.63) is 30.1 Å². The van der Waals surface area contributed by atoms with Gasteiger partial charge in [0.15, 0.2) is 0 Å². The van der Waals surface area contributed by atoms with Gasteiger partial charge in [-0.05, 0) is 45.7 Å². The van der Waals surface area contributed by atoms with Gasteiger partial charge in [0.25, 0.3) is 0 Å². The Balaban J connectivity index is 1.84. The molecule has 1 N–H and O–H groups in total. The Morgan fingerprint density at radius 1 is 1.35 bits per heavy atom. The lowest BCUT2D eigenvalue weighted by molar-refractivity contribution is -0.148. The monoisotopic (exact) mass is 359 g/mol. The van der Waals surface area contributed by atoms with Crippen LogP contribution in [0.1, 0.15) is 45.5 Å². The minimum Gasteiger partial charge on any atom is -0.462 e. The number of benzene rings is 1. The topological polar surface area (TPSA) is 82.5 Å². The van der Waals surface area contributed by atoms with Crippen LogP contribution < -0.4 is 5.32 Å². The first kappa shape index (κ1) is 18.4. The SMILES string of the molecule is CC(C)OC(=O)Cn1c(C(C)NC(=O)C2CCCO2)nc2ccccc21. The van der Waals surface area contributed by atoms with Gasteiger partial charge >= 0.3 is 5.97 Å². The zero-order chi connectivity index (χ0) is 18.7. The molecule has 2 atom stereocenters. The van der Waals surface area contributed by atoms with E-state index in [1.807, 2.05) is 45.0 Å². The van der Waals surface area contributed by atoms with Gasteiger partial charge < -0.3 is 19.4 Å². The maximum atomic E-state index is 12.4. The minimum atomic E-state index is -0.402. The van der Waals surface area contributed by atoms with Crippen LogP contribution in [0.3, 0.4) is 0 Å². The number of amides is 1. The normalized spacial score (nSPS) is 18.2. The lowest BCUT2D eigenvalue weighted by atomic mass is 10.2. The van der Waals surface area contributed by atoms with Crippen LogP contribution in [0.15, 0.2) is 24.3 Å². The molecule has 140 valence electrons. The number of imidazole rings is 1. The largest absolute Gasteiger partial charge is 0.462 e. The number of nitrogens with zero attached hydrogens (tertiary/aromatic N) is 2. The number of aromatic nitrogens is 2. The maximum Gasteiger partial charge on any atom is 0.326 e. The second kappa shape index (κ2) is 7.86. The summed E-state index contributed by atoms with van der Waals surface area (Å²) in [6, 6.07) is 7.23. The minimum absolute atomic E-state index is 0.0498. The fraction of sp³-hybridized carbons (Fsp3) is 0.526. The molecule has 1 saturated heterocycles. The van der Waals surface area contributed by atoms with Crippen molar-refractivity contribution in [1.82, 2.24) is 14.9 Å². The van der Waals surface area contributed by atoms with Gasteiger partial charge in [0, 0.05) is 6.61 Å². The molecular formula is C19H25N3O4. The van der Waals surface area contributed by atoms with Crippen molar-refractivity contribution in [2.75, 3.05) is 6.61 Å². The summed E-state index contributed by atoms with van der Waals surface area (Å²) in [7, 11) is 0. The average molecular weight is 359 g/mol. The number of carbonyl (C=O) groups excluding carboxylic acids is 2. The number of esters is 1. The highest BCUT2D eigenvalue weighted by molar-refractivity contribution is 5.82. The van der Waals surface area contributed by atoms with E-state index >= 15 is 0 Å². The summed E-state index contributed by atoms with van der Waals surface area (Å²) >= 11 is 0. The highest BCUT2D eigenvalue weighted by atomic mass is 16.5. The second-order valence-corrected chi connectivity index (χ2v) is 6.82. The summed E-state index contributed by atoms with van der Waals surface area (Å²) in [5, 5.41) is 2.95. The first-order chi connectivity index (χ1) is 12.5. The molecule has 3 rings (SSSR count). The van der Waals surface area contributed by atoms with E-state index < -0.39 is 6.10 Å². The van der Waals surface area contributed by atoms with Crippen molar-refractivity contribution in [3.8, 4) is 0 Å². The molecule has 1 aliphatic heterocycles. The summed E-state index contributed by atoms with van der Waals surface area (Å²) in [6.45, 7) is 6.16. The summed E-state index contributed by atoms with van der Waals surface area (Å²) in [5.74, 6) is 0.152. The van der Waals surface area contributed by atoms with Crippen molar-refractivity contribution >= 4 is 22.9 Å². The predicted molar refractivity (Wildman–Crippen MR) is 96.5 cm³/mol. The molecule has 26 heavy (non-hydrogen) atoms. The Morgan fingerprint density at radius 3 is 2.81 bits per heavy atom. The smallest absolute Gasteiger partial charge is 0.326 e. The van der Waals surface area contributed by atoms with Gasteiger partial charge in [-0.25, -0.2) is 4.98 Å². The fourth-order valence-electron chi connectivity index (χ4n) is 3.18. The number of para-hydroxylation sites is 2. The van der Waals surface area contributed by atoms with E-state index in [0.717, 1.165) is 23.9 Å². The molecule has 7 heteroatoms. The fourth-order valence-corrected chi connectivity index (χ4v) is 3.18. The van der Waals surface area contributed by atoms with E-state index in [2.05, 4.69) is 10.3 Å². The van der Waals surface area contributed by atoms with Crippen LogP contribution in [0.4, 0.5) is 0 Å². The number of hydrogen-bond donors (Lipinski definition) is 1. The lowest BCUT2D eigenvalue weighted by Gasteiger charge is -2.18. The number of fused-ring (bicyclic) bond motifs is 1. The van der Waals surface area contributed by atoms with Gasteiger partial charge in [0.05, 0.1) is 23.2 Å². The molecule has 2 aromatic rings. The molecule has 0 spiro atoms. The van der Waals surface area contributed by atoms with Crippen molar-refractivity contribution in [3.63, 3.8) is 0 Å². The van der Waals surface area contributed by atoms with Gasteiger partial charge in [-0.2, -0.15) is 0 Å². The number of carbonyl (C=O) groups is 2. The highest BCUT2D eigenvalue weighted by Crippen LogP contribution is 2.22. The van der Waals surface area contributed by atoms with Crippen molar-refractivity contribution < 1.29 is 19.1 Å². The molecule has 0 bridgehead atoms. The first-order valence-electron chi connectivity index (χ1n) is 9.02. The predicted octanol–water partition coefficient (Wildman–Crippen LogP) is 2.34. The van der Waals surface area contributed by atoms with E-state index in [4.69, 9.17) is 9.47 Å². The second-order valence-electron chi connectivity index (χ2n) is 6.82. The maximum absolute atomic E-state index is 12.4. The Bertz CT molecular complexity index is 793. The van der Waals surface area contributed by atoms with Crippen LogP contribution in [0.2, 0.25) is 0 Å². The number of nitrogens with one attached hydrogen (secondary N) is 1. The van der Waals surface area contributed by atoms with Crippen molar-refractivity contribution in [2.45, 2.75) is 58.4 Å². The quantitative estimate of drug-likeness (QED) is 0.801. The zero-order valence-electron chi connectivity index (χ0n) is 15.4. The van der Waals surface area contributed by atoms with Crippen LogP contribution in [-0.4, -0.2) is 40.2 Å². The molecule has 1 amide bonds. The lowest BCUT2D eigenvalue weighted by Crippen LogP contribution is -2.37. The summed E-state index contributed by atoms with van der Waals surface area (Å²) in [6.07, 6.45) is 1.04. The molecule has 1 fully saturated rings. The summed E-state index contributed by atoms with van der Waals surface area (Å²) < 4.78 is 12.5. The Labute approximate surface area is 152 Å². The number of hydrogen-bond acceptors (Lipinski definition) is 5. The van der Waals surface area contributed by atoms with Gasteiger partial charge in [-0.15, -0.1) is 0 Å². The van der Waals surface area contributed by atoms with Gasteiger partial charge in [-0.3, -0.25) is 9.59 Å². The molecule has 2 heterocycles. The molecule has 0 saturated carbocycles. The summed E-state index contributed by atoms with van der Waals surface area (Å²) in [4.78, 5) is 29.2. The Kier molecular flexibility index (Phi) is 5.56. The van der Waals surface area contributed by atoms with Crippen molar-refractivity contribution in [2.24, 2.45) is 0 Å². The molecule has 0 radical (unpaired) electrons. The van der Waals surface area contributed by atoms with E-state index in [1.165, 1.54) is 0 Å². The molecule has 1 aliphatic rings. The van der Waals surface area contributed by atoms with Gasteiger partial charge in [-0.1, -0.05) is 12.1 Å². The van der Waals surface area contributed by atoms with E-state index in [0.29, 0.717) is 12.4 Å². The van der Waals surface area contributed by atoms with Crippen LogP contribution in [0, 0.1) is 0 Å². The van der Waals surface area contributed by atoms with Crippen LogP contribution in [0.5, 0.6) is 0 Å². The third-order valence-corrected chi connectivity index (χ3v) is 4.31. The van der Waals surface area contributed by atoms with Crippen molar-refractivity contribution in [1.29, 1.82) is 0 Å². The molecule has 1 aromatic carbocycles. The molecule has 2 unspecified atom stereocenters. The van der Waals surface area contributed by atoms with Crippen LogP contribution in [0.25, 0.3) is 11.0 Å². The standard InChI is InChI=1S/C19H25N3O4/c1-12(2)26-17(23)11-22-15-8-5-4-7-14(15)21-18(22)13(3)20-19(24)16-9-6-10-25-16/h4-5,7-8,12-13,16H,6,9-11H2,1-3H3,(H,20,24). The van der Waals surface area contributed by atoms with E-state index in [9.17, 15) is 9.59 Å². The molecular weight excluding hydrogens is 334 g/mol. The Morgan fingerprint density at radius 2 is 2.12 bits per heavy atom. The molecule has 0 aliphatic carbocycles. The van der Waals surface area contributed by atoms with Gasteiger partial charge in [0.1, 0.15) is 18.5 Å². The van der Waals surface area contributed by atoms with E-state index in [1.54, 1.807) is 4.57 Å². The molecule has 7 nitrogen and oxygen atoms in total. The van der Waals surface area contributed by atoms with Gasteiger partial charge in [0.2, 0.25) is 5.91 Å². The molecule has 1 aromatic heterocycles. The number of ether oxygens (including phenoxy) is 2. The first-order valence-corrected chi connectivity index (χ1v) is 9.02. The zero-order valence-corrected chi connectivity index (χ0v) is 15.4. The third-order valence-electron chi connectivity index (χ3n) is 4.31. The summed E-state index contributed by atoms with van der Waals surface area (Å²) in [5.41, 5.74) is 1.61. The highest BCUT2D eigenvalue weighted by Gasteiger charge is 2.27. The average Bonchev–Trinajstić information content (AvgIpc) is 3.22. The van der Waals surface area contributed by atoms with Crippen LogP contribution >= 0.6 is 0 Å². The third kappa shape index (κ3) is 4.04. The van der Waals surface area contributed by atoms with Crippen LogP contribution in [-0.2, 0) is 25.6 Å². The number of rotatable bonds is 6. The van der Waals surface area contributed by atoms with E-state index in [-0.39, 0.29) is 30.6 Å².